The molecule has 1 amide bonds. The molecule has 144 valence electrons. The number of nitrogens with zero attached hydrogens (tertiary/aromatic N) is 3. The smallest absolute Gasteiger partial charge is 0.410 e. The van der Waals surface area contributed by atoms with Crippen LogP contribution in [0.15, 0.2) is 6.07 Å². The topological polar surface area (TPSA) is 67.3 Å². The summed E-state index contributed by atoms with van der Waals surface area (Å²) in [7, 11) is 0. The Morgan fingerprint density at radius 2 is 1.92 bits per heavy atom. The van der Waals surface area contributed by atoms with Gasteiger partial charge in [0.2, 0.25) is 0 Å². The molecule has 1 aromatic heterocycles. The van der Waals surface area contributed by atoms with E-state index in [9.17, 15) is 13.6 Å². The molecule has 0 aromatic carbocycles. The molecule has 0 spiro atoms. The van der Waals surface area contributed by atoms with Gasteiger partial charge in [0, 0.05) is 19.1 Å². The van der Waals surface area contributed by atoms with Crippen molar-refractivity contribution in [3.05, 3.63) is 16.8 Å². The minimum Gasteiger partial charge on any atom is -0.444 e. The number of fused-ring (bicyclic) bond motifs is 1. The molecule has 3 atom stereocenters. The van der Waals surface area contributed by atoms with E-state index in [0.29, 0.717) is 30.7 Å². The van der Waals surface area contributed by atoms with E-state index in [1.54, 1.807) is 4.90 Å². The van der Waals surface area contributed by atoms with Crippen LogP contribution in [0.1, 0.15) is 45.6 Å². The minimum atomic E-state index is -2.69. The van der Waals surface area contributed by atoms with Gasteiger partial charge in [-0.1, -0.05) is 11.6 Å². The third kappa shape index (κ3) is 4.34. The molecule has 1 aromatic rings. The first kappa shape index (κ1) is 19.1. The molecule has 2 heterocycles. The van der Waals surface area contributed by atoms with E-state index in [1.165, 1.54) is 6.07 Å². The highest BCUT2D eigenvalue weighted by Gasteiger charge is 2.43. The fraction of sp³-hybridized carbons (Fsp3) is 0.706. The van der Waals surface area contributed by atoms with Gasteiger partial charge in [-0.15, -0.1) is 10.2 Å². The van der Waals surface area contributed by atoms with Crippen molar-refractivity contribution in [1.29, 1.82) is 0 Å². The maximum atomic E-state index is 12.9. The van der Waals surface area contributed by atoms with Gasteiger partial charge in [0.05, 0.1) is 5.56 Å². The normalized spacial score (nSPS) is 25.5. The Hall–Kier alpha value is -1.70. The summed E-state index contributed by atoms with van der Waals surface area (Å²) in [6, 6.07) is 1.37. The minimum absolute atomic E-state index is 0.117. The van der Waals surface area contributed by atoms with Crippen LogP contribution in [0, 0.1) is 11.8 Å². The van der Waals surface area contributed by atoms with Gasteiger partial charge in [0.1, 0.15) is 11.4 Å². The lowest BCUT2D eigenvalue weighted by Gasteiger charge is -2.25. The monoisotopic (exact) mass is 388 g/mol. The molecular weight excluding hydrogens is 366 g/mol. The number of carbonyl (C=O) groups is 1. The molecule has 1 saturated heterocycles. The van der Waals surface area contributed by atoms with Crippen molar-refractivity contribution in [2.45, 2.75) is 51.7 Å². The number of amides is 1. The number of hydrogen-bond acceptors (Lipinski definition) is 5. The fourth-order valence-corrected chi connectivity index (χ4v) is 3.89. The zero-order valence-electron chi connectivity index (χ0n) is 15.0. The van der Waals surface area contributed by atoms with Crippen LogP contribution < -0.4 is 5.32 Å². The Kier molecular flexibility index (Phi) is 5.23. The van der Waals surface area contributed by atoms with Gasteiger partial charge in [-0.2, -0.15) is 0 Å². The summed E-state index contributed by atoms with van der Waals surface area (Å²) in [5.41, 5.74) is -0.826. The molecule has 0 bridgehead atoms. The number of likely N-dealkylation sites (tertiary alicyclic amines) is 1. The standard InChI is InChI=1S/C17H23ClF2N4O2/c1-17(2,3)26-16(25)24-7-9-4-11(5-10(9)8-24)21-13-6-12(15(19)20)14(18)23-22-13/h6,9-11,15H,4-5,7-8H2,1-3H3,(H,21,22)/t9-,10?,11+/m1/s1. The van der Waals surface area contributed by atoms with Gasteiger partial charge >= 0.3 is 6.09 Å². The first-order valence-corrected chi connectivity index (χ1v) is 9.06. The maximum absolute atomic E-state index is 12.9. The van der Waals surface area contributed by atoms with Gasteiger partial charge in [-0.25, -0.2) is 13.6 Å². The summed E-state index contributed by atoms with van der Waals surface area (Å²) in [4.78, 5) is 13.9. The number of carbonyl (C=O) groups excluding carboxylic acids is 1. The quantitative estimate of drug-likeness (QED) is 0.843. The van der Waals surface area contributed by atoms with Gasteiger partial charge < -0.3 is 15.0 Å². The summed E-state index contributed by atoms with van der Waals surface area (Å²) >= 11 is 5.65. The summed E-state index contributed by atoms with van der Waals surface area (Å²) < 4.78 is 31.3. The summed E-state index contributed by atoms with van der Waals surface area (Å²) in [6.07, 6.45) is -1.28. The zero-order valence-corrected chi connectivity index (χ0v) is 15.8. The average molecular weight is 389 g/mol. The number of ether oxygens (including phenoxy) is 1. The Bertz CT molecular complexity index is 669. The van der Waals surface area contributed by atoms with Crippen molar-refractivity contribution in [2.24, 2.45) is 11.8 Å². The average Bonchev–Trinajstić information content (AvgIpc) is 3.05. The van der Waals surface area contributed by atoms with Crippen LogP contribution in [-0.4, -0.2) is 45.9 Å². The summed E-state index contributed by atoms with van der Waals surface area (Å²) in [5, 5.41) is 10.3. The molecule has 0 radical (unpaired) electrons. The molecule has 1 saturated carbocycles. The molecule has 1 unspecified atom stereocenters. The van der Waals surface area contributed by atoms with Gasteiger partial charge in [-0.3, -0.25) is 0 Å². The third-order valence-electron chi connectivity index (χ3n) is 4.77. The van der Waals surface area contributed by atoms with Crippen molar-refractivity contribution in [3.8, 4) is 0 Å². The lowest BCUT2D eigenvalue weighted by Crippen LogP contribution is -2.36. The van der Waals surface area contributed by atoms with Crippen molar-refractivity contribution in [1.82, 2.24) is 15.1 Å². The molecular formula is C17H23ClF2N4O2. The van der Waals surface area contributed by atoms with Gasteiger partial charge in [-0.05, 0) is 51.5 Å². The first-order chi connectivity index (χ1) is 12.1. The predicted molar refractivity (Wildman–Crippen MR) is 93.4 cm³/mol. The van der Waals surface area contributed by atoms with E-state index >= 15 is 0 Å². The van der Waals surface area contributed by atoms with E-state index in [-0.39, 0.29) is 22.9 Å². The van der Waals surface area contributed by atoms with Crippen LogP contribution in [0.5, 0.6) is 0 Å². The highest BCUT2D eigenvalue weighted by molar-refractivity contribution is 6.30. The van der Waals surface area contributed by atoms with E-state index < -0.39 is 12.0 Å². The number of aromatic nitrogens is 2. The Morgan fingerprint density at radius 3 is 2.46 bits per heavy atom. The molecule has 1 aliphatic carbocycles. The van der Waals surface area contributed by atoms with Crippen LogP contribution in [0.2, 0.25) is 5.15 Å². The van der Waals surface area contributed by atoms with E-state index in [4.69, 9.17) is 16.3 Å². The first-order valence-electron chi connectivity index (χ1n) is 8.68. The lowest BCUT2D eigenvalue weighted by molar-refractivity contribution is 0.0280. The molecule has 1 N–H and O–H groups in total. The largest absolute Gasteiger partial charge is 0.444 e. The molecule has 6 nitrogen and oxygen atoms in total. The van der Waals surface area contributed by atoms with Crippen molar-refractivity contribution < 1.29 is 18.3 Å². The third-order valence-corrected chi connectivity index (χ3v) is 5.06. The second-order valence-corrected chi connectivity index (χ2v) is 8.35. The molecule has 3 rings (SSSR count). The van der Waals surface area contributed by atoms with Gasteiger partial charge in [0.25, 0.3) is 6.43 Å². The zero-order chi connectivity index (χ0) is 19.1. The number of nitrogens with one attached hydrogen (secondary N) is 1. The molecule has 2 fully saturated rings. The van der Waals surface area contributed by atoms with Crippen molar-refractivity contribution in [2.75, 3.05) is 18.4 Å². The Labute approximate surface area is 156 Å². The molecule has 2 aliphatic rings. The maximum Gasteiger partial charge on any atom is 0.410 e. The fourth-order valence-electron chi connectivity index (χ4n) is 3.72. The van der Waals surface area contributed by atoms with Gasteiger partial charge in [0.15, 0.2) is 5.15 Å². The van der Waals surface area contributed by atoms with Crippen molar-refractivity contribution in [3.63, 3.8) is 0 Å². The summed E-state index contributed by atoms with van der Waals surface area (Å²) in [5.74, 6) is 1.04. The van der Waals surface area contributed by atoms with E-state index in [1.807, 2.05) is 20.8 Å². The second-order valence-electron chi connectivity index (χ2n) is 7.99. The SMILES string of the molecule is CC(C)(C)OC(=O)N1CC2C[C@@H](Nc3cc(C(F)F)c(Cl)nn3)C[C@@H]2C1. The Morgan fingerprint density at radius 1 is 1.31 bits per heavy atom. The van der Waals surface area contributed by atoms with Crippen LogP contribution in [0.25, 0.3) is 0 Å². The second kappa shape index (κ2) is 7.13. The number of rotatable bonds is 3. The lowest BCUT2D eigenvalue weighted by atomic mass is 10.0. The van der Waals surface area contributed by atoms with Crippen LogP contribution in [-0.2, 0) is 4.74 Å². The summed E-state index contributed by atoms with van der Waals surface area (Å²) in [6.45, 7) is 6.87. The van der Waals surface area contributed by atoms with Crippen LogP contribution >= 0.6 is 11.6 Å². The predicted octanol–water partition coefficient (Wildman–Crippen LogP) is 4.13. The van der Waals surface area contributed by atoms with Crippen LogP contribution in [0.3, 0.4) is 0 Å². The highest BCUT2D eigenvalue weighted by atomic mass is 35.5. The molecule has 1 aliphatic heterocycles. The van der Waals surface area contributed by atoms with Crippen molar-refractivity contribution >= 4 is 23.5 Å². The highest BCUT2D eigenvalue weighted by Crippen LogP contribution is 2.39. The number of halogens is 3. The Balaban J connectivity index is 1.56. The van der Waals surface area contributed by atoms with Crippen LogP contribution in [0.4, 0.5) is 19.4 Å². The van der Waals surface area contributed by atoms with E-state index in [0.717, 1.165) is 12.8 Å². The number of hydrogen-bond donors (Lipinski definition) is 1. The number of anilines is 1. The molecule has 26 heavy (non-hydrogen) atoms. The number of alkyl halides is 2. The van der Waals surface area contributed by atoms with E-state index in [2.05, 4.69) is 15.5 Å². The molecule has 9 heteroatoms.